The van der Waals surface area contributed by atoms with Crippen molar-refractivity contribution in [1.29, 1.82) is 0 Å². The van der Waals surface area contributed by atoms with E-state index in [2.05, 4.69) is 25.5 Å². The van der Waals surface area contributed by atoms with E-state index >= 15 is 0 Å². The maximum absolute atomic E-state index is 13.6. The van der Waals surface area contributed by atoms with Crippen LogP contribution in [0.1, 0.15) is 0 Å². The number of nitrogens with two attached hydrogens (primary N) is 1. The van der Waals surface area contributed by atoms with Crippen LogP contribution in [0.2, 0.25) is 0 Å². The molecular formula is C17H11F2N7. The van der Waals surface area contributed by atoms with Crippen molar-refractivity contribution < 1.29 is 8.78 Å². The van der Waals surface area contributed by atoms with Crippen molar-refractivity contribution in [3.05, 3.63) is 66.6 Å². The van der Waals surface area contributed by atoms with Crippen LogP contribution in [0, 0.1) is 11.6 Å². The number of pyridine rings is 2. The average molecular weight is 351 g/mol. The molecule has 0 saturated carbocycles. The number of tetrazole rings is 1. The van der Waals surface area contributed by atoms with Gasteiger partial charge in [-0.1, -0.05) is 6.07 Å². The van der Waals surface area contributed by atoms with E-state index in [1.54, 1.807) is 30.7 Å². The first-order valence-electron chi connectivity index (χ1n) is 7.53. The number of hydrogen-bond acceptors (Lipinski definition) is 6. The summed E-state index contributed by atoms with van der Waals surface area (Å²) in [4.78, 5) is 8.25. The molecule has 0 radical (unpaired) electrons. The number of aromatic nitrogens is 6. The molecule has 0 aliphatic heterocycles. The molecule has 4 rings (SSSR count). The highest BCUT2D eigenvalue weighted by atomic mass is 19.1. The second-order valence-corrected chi connectivity index (χ2v) is 5.44. The third kappa shape index (κ3) is 2.86. The lowest BCUT2D eigenvalue weighted by molar-refractivity contribution is 0.579. The topological polar surface area (TPSA) is 95.4 Å². The minimum Gasteiger partial charge on any atom is -0.383 e. The molecule has 1 aromatic carbocycles. The molecule has 0 aliphatic carbocycles. The Morgan fingerprint density at radius 2 is 1.77 bits per heavy atom. The highest BCUT2D eigenvalue weighted by molar-refractivity contribution is 5.76. The molecule has 0 amide bonds. The summed E-state index contributed by atoms with van der Waals surface area (Å²) in [6, 6.07) is 8.43. The molecule has 0 atom stereocenters. The maximum atomic E-state index is 13.6. The number of hydrogen-bond donors (Lipinski definition) is 1. The summed E-state index contributed by atoms with van der Waals surface area (Å²) in [5.74, 6) is -1.08. The van der Waals surface area contributed by atoms with Crippen molar-refractivity contribution >= 4 is 5.82 Å². The second kappa shape index (κ2) is 6.28. The van der Waals surface area contributed by atoms with Gasteiger partial charge in [0, 0.05) is 35.8 Å². The summed E-state index contributed by atoms with van der Waals surface area (Å²) in [5.41, 5.74) is 8.13. The van der Waals surface area contributed by atoms with Crippen LogP contribution in [-0.2, 0) is 0 Å². The first-order chi connectivity index (χ1) is 12.6. The van der Waals surface area contributed by atoms with Gasteiger partial charge in [-0.25, -0.2) is 13.8 Å². The molecule has 3 heterocycles. The summed E-state index contributed by atoms with van der Waals surface area (Å²) in [5, 5.41) is 11.4. The molecule has 7 nitrogen and oxygen atoms in total. The van der Waals surface area contributed by atoms with Gasteiger partial charge in [0.25, 0.3) is 0 Å². The van der Waals surface area contributed by atoms with E-state index in [-0.39, 0.29) is 17.3 Å². The van der Waals surface area contributed by atoms with Crippen LogP contribution in [-0.4, -0.2) is 30.2 Å². The molecule has 0 fully saturated rings. The van der Waals surface area contributed by atoms with Crippen molar-refractivity contribution in [1.82, 2.24) is 30.2 Å². The van der Waals surface area contributed by atoms with Crippen molar-refractivity contribution in [2.24, 2.45) is 0 Å². The monoisotopic (exact) mass is 351 g/mol. The Kier molecular flexibility index (Phi) is 3.81. The Morgan fingerprint density at radius 3 is 2.50 bits per heavy atom. The molecule has 0 bridgehead atoms. The van der Waals surface area contributed by atoms with Crippen LogP contribution < -0.4 is 5.73 Å². The fraction of sp³-hybridized carbons (Fsp3) is 0. The van der Waals surface area contributed by atoms with Crippen molar-refractivity contribution in [2.45, 2.75) is 0 Å². The first-order valence-corrected chi connectivity index (χ1v) is 7.53. The zero-order valence-electron chi connectivity index (χ0n) is 13.2. The normalized spacial score (nSPS) is 10.8. The van der Waals surface area contributed by atoms with E-state index in [0.29, 0.717) is 5.56 Å². The molecule has 4 aromatic rings. The van der Waals surface area contributed by atoms with Gasteiger partial charge < -0.3 is 5.73 Å². The average Bonchev–Trinajstić information content (AvgIpc) is 3.11. The molecule has 3 aromatic heterocycles. The standard InChI is InChI=1S/C17H11F2N7/c18-12-5-13(19)7-14(6-12)26-17(23-24-25-26)15-4-11(9-22-16(15)20)10-2-1-3-21-8-10/h1-9H,(H2,20,22). The Labute approximate surface area is 146 Å². The Morgan fingerprint density at radius 1 is 0.962 bits per heavy atom. The van der Waals surface area contributed by atoms with E-state index in [9.17, 15) is 8.78 Å². The quantitative estimate of drug-likeness (QED) is 0.610. The lowest BCUT2D eigenvalue weighted by Crippen LogP contribution is -2.04. The minimum atomic E-state index is -0.739. The third-order valence-corrected chi connectivity index (χ3v) is 3.72. The highest BCUT2D eigenvalue weighted by Crippen LogP contribution is 2.29. The largest absolute Gasteiger partial charge is 0.383 e. The molecule has 0 unspecified atom stereocenters. The van der Waals surface area contributed by atoms with Gasteiger partial charge in [0.2, 0.25) is 0 Å². The van der Waals surface area contributed by atoms with Crippen LogP contribution >= 0.6 is 0 Å². The molecule has 0 aliphatic rings. The summed E-state index contributed by atoms with van der Waals surface area (Å²) in [6.07, 6.45) is 4.95. The SMILES string of the molecule is Nc1ncc(-c2cccnc2)cc1-c1nnnn1-c1cc(F)cc(F)c1. The molecule has 26 heavy (non-hydrogen) atoms. The molecule has 9 heteroatoms. The Balaban J connectivity index is 1.86. The van der Waals surface area contributed by atoms with Gasteiger partial charge in [-0.3, -0.25) is 4.98 Å². The van der Waals surface area contributed by atoms with Crippen molar-refractivity contribution in [2.75, 3.05) is 5.73 Å². The summed E-state index contributed by atoms with van der Waals surface area (Å²) in [7, 11) is 0. The van der Waals surface area contributed by atoms with E-state index in [1.807, 2.05) is 6.07 Å². The number of anilines is 1. The fourth-order valence-corrected chi connectivity index (χ4v) is 2.54. The van der Waals surface area contributed by atoms with Crippen LogP contribution in [0.15, 0.2) is 55.0 Å². The Hall–Kier alpha value is -3.75. The summed E-state index contributed by atoms with van der Waals surface area (Å²) >= 11 is 0. The summed E-state index contributed by atoms with van der Waals surface area (Å²) < 4.78 is 28.3. The number of nitrogens with zero attached hydrogens (tertiary/aromatic N) is 6. The molecular weight excluding hydrogens is 340 g/mol. The smallest absolute Gasteiger partial charge is 0.190 e. The van der Waals surface area contributed by atoms with Gasteiger partial charge in [-0.15, -0.1) is 5.10 Å². The fourth-order valence-electron chi connectivity index (χ4n) is 2.54. The second-order valence-electron chi connectivity index (χ2n) is 5.44. The van der Waals surface area contributed by atoms with Crippen LogP contribution in [0.5, 0.6) is 0 Å². The van der Waals surface area contributed by atoms with E-state index < -0.39 is 11.6 Å². The zero-order valence-corrected chi connectivity index (χ0v) is 13.2. The highest BCUT2D eigenvalue weighted by Gasteiger charge is 2.17. The first kappa shape index (κ1) is 15.8. The van der Waals surface area contributed by atoms with Gasteiger partial charge in [-0.2, -0.15) is 4.68 Å². The van der Waals surface area contributed by atoms with Gasteiger partial charge in [-0.05, 0) is 34.7 Å². The lowest BCUT2D eigenvalue weighted by Gasteiger charge is -2.09. The number of benzene rings is 1. The van der Waals surface area contributed by atoms with E-state index in [4.69, 9.17) is 5.73 Å². The minimum absolute atomic E-state index is 0.133. The van der Waals surface area contributed by atoms with Crippen LogP contribution in [0.25, 0.3) is 28.2 Å². The van der Waals surface area contributed by atoms with Gasteiger partial charge in [0.05, 0.1) is 11.3 Å². The van der Waals surface area contributed by atoms with Gasteiger partial charge in [0.15, 0.2) is 5.82 Å². The Bertz CT molecular complexity index is 1060. The number of nitrogen functional groups attached to an aromatic ring is 1. The van der Waals surface area contributed by atoms with Crippen molar-refractivity contribution in [3.63, 3.8) is 0 Å². The summed E-state index contributed by atoms with van der Waals surface area (Å²) in [6.45, 7) is 0. The molecule has 0 saturated heterocycles. The van der Waals surface area contributed by atoms with E-state index in [0.717, 1.165) is 29.3 Å². The van der Waals surface area contributed by atoms with Crippen LogP contribution in [0.3, 0.4) is 0 Å². The molecule has 2 N–H and O–H groups in total. The lowest BCUT2D eigenvalue weighted by atomic mass is 10.1. The van der Waals surface area contributed by atoms with Gasteiger partial charge in [0.1, 0.15) is 17.5 Å². The predicted molar refractivity (Wildman–Crippen MR) is 89.9 cm³/mol. The third-order valence-electron chi connectivity index (χ3n) is 3.72. The number of rotatable bonds is 3. The molecule has 0 spiro atoms. The maximum Gasteiger partial charge on any atom is 0.190 e. The molecule has 128 valence electrons. The van der Waals surface area contributed by atoms with E-state index in [1.165, 1.54) is 4.68 Å². The van der Waals surface area contributed by atoms with Crippen molar-refractivity contribution in [3.8, 4) is 28.2 Å². The van der Waals surface area contributed by atoms with Crippen LogP contribution in [0.4, 0.5) is 14.6 Å². The predicted octanol–water partition coefficient (Wildman–Crippen LogP) is 2.65. The number of halogens is 2. The zero-order chi connectivity index (χ0) is 18.1. The van der Waals surface area contributed by atoms with Gasteiger partial charge >= 0.3 is 0 Å².